The lowest BCUT2D eigenvalue weighted by atomic mass is 9.89. The zero-order chi connectivity index (χ0) is 13.4. The molecule has 18 heavy (non-hydrogen) atoms. The third kappa shape index (κ3) is 4.81. The van der Waals surface area contributed by atoms with Crippen molar-refractivity contribution in [2.45, 2.75) is 44.9 Å². The number of hydrogen-bond acceptors (Lipinski definition) is 3. The molecule has 1 saturated carbocycles. The van der Waals surface area contributed by atoms with E-state index in [0.29, 0.717) is 5.92 Å². The molecular formula is C14H21ClO3. The normalized spacial score (nSPS) is 18.9. The van der Waals surface area contributed by atoms with Gasteiger partial charge in [0.2, 0.25) is 0 Å². The molecule has 0 N–H and O–H groups in total. The summed E-state index contributed by atoms with van der Waals surface area (Å²) in [5.41, 5.74) is 0.123. The number of carbonyl (C=O) groups excluding carboxylic acids is 2. The van der Waals surface area contributed by atoms with Gasteiger partial charge in [0.25, 0.3) is 0 Å². The van der Waals surface area contributed by atoms with Gasteiger partial charge in [-0.2, -0.15) is 0 Å². The summed E-state index contributed by atoms with van der Waals surface area (Å²) in [6, 6.07) is 0. The van der Waals surface area contributed by atoms with Crippen molar-refractivity contribution < 1.29 is 14.3 Å². The highest BCUT2D eigenvalue weighted by molar-refractivity contribution is 6.34. The maximum atomic E-state index is 11.6. The number of halogens is 1. The van der Waals surface area contributed by atoms with Crippen LogP contribution in [-0.2, 0) is 14.3 Å². The molecule has 3 nitrogen and oxygen atoms in total. The predicted octanol–water partition coefficient (Wildman–Crippen LogP) is 3.25. The second-order valence-corrected chi connectivity index (χ2v) is 5.00. The Labute approximate surface area is 114 Å². The van der Waals surface area contributed by atoms with Gasteiger partial charge in [0, 0.05) is 0 Å². The zero-order valence-corrected chi connectivity index (χ0v) is 11.7. The third-order valence-electron chi connectivity index (χ3n) is 3.38. The van der Waals surface area contributed by atoms with Gasteiger partial charge in [-0.3, -0.25) is 4.79 Å². The molecule has 0 unspecified atom stereocenters. The van der Waals surface area contributed by atoms with Crippen molar-refractivity contribution in [3.63, 3.8) is 0 Å². The van der Waals surface area contributed by atoms with Crippen LogP contribution in [0.2, 0.25) is 0 Å². The van der Waals surface area contributed by atoms with Crippen molar-refractivity contribution in [2.24, 2.45) is 5.92 Å². The Morgan fingerprint density at radius 3 is 2.22 bits per heavy atom. The highest BCUT2D eigenvalue weighted by Crippen LogP contribution is 2.24. The first-order valence-electron chi connectivity index (χ1n) is 6.58. The molecule has 0 bridgehead atoms. The second kappa shape index (κ2) is 8.30. The fourth-order valence-electron chi connectivity index (χ4n) is 2.35. The van der Waals surface area contributed by atoms with E-state index in [1.54, 1.807) is 6.08 Å². The molecule has 102 valence electrons. The van der Waals surface area contributed by atoms with Crippen LogP contribution in [0.5, 0.6) is 0 Å². The molecule has 0 amide bonds. The van der Waals surface area contributed by atoms with E-state index in [-0.39, 0.29) is 17.2 Å². The van der Waals surface area contributed by atoms with Gasteiger partial charge in [0.05, 0.1) is 13.0 Å². The summed E-state index contributed by atoms with van der Waals surface area (Å²) in [5, 5.41) is 0. The van der Waals surface area contributed by atoms with E-state index in [0.717, 1.165) is 25.7 Å². The Balaban J connectivity index is 2.77. The van der Waals surface area contributed by atoms with Crippen LogP contribution in [0.25, 0.3) is 0 Å². The molecule has 4 heteroatoms. The SMILES string of the molecule is COC(=O)C(=CC1CCCCCCC1)C(=O)CCl. The zero-order valence-electron chi connectivity index (χ0n) is 10.9. The molecule has 1 aliphatic carbocycles. The summed E-state index contributed by atoms with van der Waals surface area (Å²) in [5.74, 6) is -0.784. The molecule has 0 atom stereocenters. The largest absolute Gasteiger partial charge is 0.465 e. The molecular weight excluding hydrogens is 252 g/mol. The van der Waals surface area contributed by atoms with Gasteiger partial charge in [0.1, 0.15) is 5.57 Å². The van der Waals surface area contributed by atoms with Crippen LogP contribution >= 0.6 is 11.6 Å². The minimum Gasteiger partial charge on any atom is -0.465 e. The number of rotatable bonds is 4. The number of Topliss-reactive ketones (excluding diaryl/α,β-unsaturated/α-hetero) is 1. The monoisotopic (exact) mass is 272 g/mol. The third-order valence-corrected chi connectivity index (χ3v) is 3.62. The Kier molecular flexibility index (Phi) is 7.02. The topological polar surface area (TPSA) is 43.4 Å². The number of esters is 1. The molecule has 1 fully saturated rings. The van der Waals surface area contributed by atoms with Crippen LogP contribution in [0.3, 0.4) is 0 Å². The van der Waals surface area contributed by atoms with Crippen molar-refractivity contribution in [3.05, 3.63) is 11.6 Å². The van der Waals surface area contributed by atoms with Crippen LogP contribution in [0.15, 0.2) is 11.6 Å². The smallest absolute Gasteiger partial charge is 0.341 e. The van der Waals surface area contributed by atoms with Crippen LogP contribution in [0.1, 0.15) is 44.9 Å². The van der Waals surface area contributed by atoms with Crippen LogP contribution < -0.4 is 0 Å². The molecule has 0 aliphatic heterocycles. The van der Waals surface area contributed by atoms with Crippen molar-refractivity contribution in [1.29, 1.82) is 0 Å². The first kappa shape index (κ1) is 15.2. The summed E-state index contributed by atoms with van der Waals surface area (Å²) >= 11 is 5.53. The summed E-state index contributed by atoms with van der Waals surface area (Å²) in [6.45, 7) is 0. The fourth-order valence-corrected chi connectivity index (χ4v) is 2.49. The average Bonchev–Trinajstić information content (AvgIpc) is 2.36. The number of alkyl halides is 1. The van der Waals surface area contributed by atoms with Gasteiger partial charge in [-0.1, -0.05) is 38.2 Å². The van der Waals surface area contributed by atoms with Crippen molar-refractivity contribution in [3.8, 4) is 0 Å². The number of methoxy groups -OCH3 is 1. The molecule has 0 radical (unpaired) electrons. The highest BCUT2D eigenvalue weighted by Gasteiger charge is 2.20. The molecule has 0 saturated heterocycles. The van der Waals surface area contributed by atoms with E-state index in [2.05, 4.69) is 4.74 Å². The van der Waals surface area contributed by atoms with E-state index < -0.39 is 5.97 Å². The summed E-state index contributed by atoms with van der Waals surface area (Å²) < 4.78 is 4.65. The van der Waals surface area contributed by atoms with Gasteiger partial charge in [-0.15, -0.1) is 11.6 Å². The molecule has 1 rings (SSSR count). The molecule has 0 aromatic carbocycles. The Bertz CT molecular complexity index is 297. The van der Waals surface area contributed by atoms with Gasteiger partial charge < -0.3 is 4.74 Å². The molecule has 0 aromatic heterocycles. The van der Waals surface area contributed by atoms with Gasteiger partial charge in [-0.25, -0.2) is 4.79 Å². The van der Waals surface area contributed by atoms with Crippen LogP contribution in [-0.4, -0.2) is 24.7 Å². The van der Waals surface area contributed by atoms with E-state index in [1.165, 1.54) is 26.4 Å². The lowest BCUT2D eigenvalue weighted by Gasteiger charge is -2.17. The predicted molar refractivity (Wildman–Crippen MR) is 71.6 cm³/mol. The molecule has 0 heterocycles. The first-order chi connectivity index (χ1) is 8.69. The quantitative estimate of drug-likeness (QED) is 0.259. The number of carbonyl (C=O) groups is 2. The van der Waals surface area contributed by atoms with Crippen LogP contribution in [0, 0.1) is 5.92 Å². The van der Waals surface area contributed by atoms with Crippen LogP contribution in [0.4, 0.5) is 0 Å². The Hall–Kier alpha value is -0.830. The maximum absolute atomic E-state index is 11.6. The number of allylic oxidation sites excluding steroid dienone is 1. The molecule has 0 aromatic rings. The highest BCUT2D eigenvalue weighted by atomic mass is 35.5. The molecule has 0 spiro atoms. The van der Waals surface area contributed by atoms with Gasteiger partial charge in [-0.05, 0) is 18.8 Å². The van der Waals surface area contributed by atoms with Gasteiger partial charge >= 0.3 is 5.97 Å². The number of hydrogen-bond donors (Lipinski definition) is 0. The maximum Gasteiger partial charge on any atom is 0.341 e. The van der Waals surface area contributed by atoms with Gasteiger partial charge in [0.15, 0.2) is 5.78 Å². The van der Waals surface area contributed by atoms with E-state index in [1.807, 2.05) is 0 Å². The van der Waals surface area contributed by atoms with Crippen molar-refractivity contribution in [2.75, 3.05) is 13.0 Å². The lowest BCUT2D eigenvalue weighted by Crippen LogP contribution is -2.17. The van der Waals surface area contributed by atoms with E-state index in [4.69, 9.17) is 11.6 Å². The minimum atomic E-state index is -0.567. The summed E-state index contributed by atoms with van der Waals surface area (Å²) in [6.07, 6.45) is 9.94. The Morgan fingerprint density at radius 1 is 1.17 bits per heavy atom. The standard InChI is InChI=1S/C14H21ClO3/c1-18-14(17)12(13(16)10-15)9-11-7-5-3-2-4-6-8-11/h9,11H,2-8,10H2,1H3. The lowest BCUT2D eigenvalue weighted by molar-refractivity contribution is -0.137. The Morgan fingerprint density at radius 2 is 1.72 bits per heavy atom. The summed E-state index contributed by atoms with van der Waals surface area (Å²) in [7, 11) is 1.29. The van der Waals surface area contributed by atoms with Crippen molar-refractivity contribution in [1.82, 2.24) is 0 Å². The molecule has 1 aliphatic rings. The second-order valence-electron chi connectivity index (χ2n) is 4.73. The van der Waals surface area contributed by atoms with E-state index in [9.17, 15) is 9.59 Å². The van der Waals surface area contributed by atoms with E-state index >= 15 is 0 Å². The number of ether oxygens (including phenoxy) is 1. The summed E-state index contributed by atoms with van der Waals surface area (Å²) in [4.78, 5) is 23.2. The minimum absolute atomic E-state index is 0.123. The number of ketones is 1. The first-order valence-corrected chi connectivity index (χ1v) is 7.11. The van der Waals surface area contributed by atoms with Crippen molar-refractivity contribution >= 4 is 23.4 Å². The fraction of sp³-hybridized carbons (Fsp3) is 0.714. The average molecular weight is 273 g/mol.